The van der Waals surface area contributed by atoms with Crippen LogP contribution < -0.4 is 10.1 Å². The minimum Gasteiger partial charge on any atom is -0.484 e. The molecule has 0 saturated heterocycles. The predicted octanol–water partition coefficient (Wildman–Crippen LogP) is 3.26. The van der Waals surface area contributed by atoms with Gasteiger partial charge >= 0.3 is 0 Å². The Balaban J connectivity index is 1.65. The summed E-state index contributed by atoms with van der Waals surface area (Å²) in [5.41, 5.74) is 2.25. The van der Waals surface area contributed by atoms with Gasteiger partial charge in [-0.2, -0.15) is 0 Å². The molecule has 0 unspecified atom stereocenters. The summed E-state index contributed by atoms with van der Waals surface area (Å²) in [7, 11) is 0. The molecular formula is C21H22N2O4. The molecule has 0 atom stereocenters. The highest BCUT2D eigenvalue weighted by atomic mass is 16.5. The summed E-state index contributed by atoms with van der Waals surface area (Å²) in [5.74, 6) is -0.161. The van der Waals surface area contributed by atoms with E-state index in [1.807, 2.05) is 32.9 Å². The van der Waals surface area contributed by atoms with Crippen molar-refractivity contribution in [3.63, 3.8) is 0 Å². The zero-order valence-corrected chi connectivity index (χ0v) is 15.6. The molecule has 6 heteroatoms. The van der Waals surface area contributed by atoms with Crippen LogP contribution in [0.2, 0.25) is 0 Å². The topological polar surface area (TPSA) is 75.7 Å². The molecule has 2 aromatic rings. The fourth-order valence-electron chi connectivity index (χ4n) is 2.88. The van der Waals surface area contributed by atoms with Gasteiger partial charge in [-0.15, -0.1) is 0 Å². The third-order valence-electron chi connectivity index (χ3n) is 4.19. The van der Waals surface area contributed by atoms with Gasteiger partial charge in [-0.05, 0) is 43.2 Å². The van der Waals surface area contributed by atoms with Crippen LogP contribution in [-0.2, 0) is 4.79 Å². The van der Waals surface area contributed by atoms with Gasteiger partial charge in [0.1, 0.15) is 5.75 Å². The summed E-state index contributed by atoms with van der Waals surface area (Å²) >= 11 is 0. The van der Waals surface area contributed by atoms with E-state index in [-0.39, 0.29) is 30.2 Å². The number of nitrogens with zero attached hydrogens (tertiary/aromatic N) is 1. The Bertz CT molecular complexity index is 888. The van der Waals surface area contributed by atoms with Gasteiger partial charge in [0.05, 0.1) is 11.1 Å². The van der Waals surface area contributed by atoms with E-state index >= 15 is 0 Å². The molecule has 0 radical (unpaired) electrons. The molecule has 0 saturated carbocycles. The zero-order chi connectivity index (χ0) is 19.6. The maximum absolute atomic E-state index is 12.5. The van der Waals surface area contributed by atoms with Gasteiger partial charge in [-0.1, -0.05) is 31.5 Å². The van der Waals surface area contributed by atoms with Crippen LogP contribution in [0.5, 0.6) is 5.75 Å². The van der Waals surface area contributed by atoms with E-state index in [1.54, 1.807) is 30.3 Å². The summed E-state index contributed by atoms with van der Waals surface area (Å²) in [6.07, 6.45) is 0. The number of nitrogens with one attached hydrogen (secondary N) is 1. The Morgan fingerprint density at radius 2 is 1.70 bits per heavy atom. The number of amides is 3. The second-order valence-electron chi connectivity index (χ2n) is 7.03. The lowest BCUT2D eigenvalue weighted by Gasteiger charge is -2.15. The second kappa shape index (κ2) is 7.61. The van der Waals surface area contributed by atoms with Crippen molar-refractivity contribution in [2.45, 2.75) is 20.8 Å². The summed E-state index contributed by atoms with van der Waals surface area (Å²) in [4.78, 5) is 38.2. The molecule has 3 rings (SSSR count). The standard InChI is InChI=1S/C21H22N2O4/c1-13(2)11-23-20(25)17-9-6-15(10-18(17)21(23)26)22-19(24)12-27-16-7-4-14(3)5-8-16/h4-10,13H,11-12H2,1-3H3,(H,22,24). The number of rotatable bonds is 6. The number of ether oxygens (including phenoxy) is 1. The molecule has 0 aromatic heterocycles. The fraction of sp³-hybridized carbons (Fsp3) is 0.286. The van der Waals surface area contributed by atoms with E-state index in [2.05, 4.69) is 5.32 Å². The van der Waals surface area contributed by atoms with E-state index in [0.717, 1.165) is 5.56 Å². The molecule has 1 N–H and O–H groups in total. The first-order valence-electron chi connectivity index (χ1n) is 8.84. The molecule has 2 aromatic carbocycles. The van der Waals surface area contributed by atoms with E-state index in [4.69, 9.17) is 4.74 Å². The molecule has 1 aliphatic heterocycles. The summed E-state index contributed by atoms with van der Waals surface area (Å²) < 4.78 is 5.45. The van der Waals surface area contributed by atoms with E-state index in [0.29, 0.717) is 29.1 Å². The van der Waals surface area contributed by atoms with Gasteiger partial charge in [0.15, 0.2) is 6.61 Å². The van der Waals surface area contributed by atoms with Gasteiger partial charge in [0.2, 0.25) is 0 Å². The molecule has 6 nitrogen and oxygen atoms in total. The lowest BCUT2D eigenvalue weighted by atomic mass is 10.1. The van der Waals surface area contributed by atoms with Crippen LogP contribution in [0.25, 0.3) is 0 Å². The zero-order valence-electron chi connectivity index (χ0n) is 15.6. The van der Waals surface area contributed by atoms with Crippen molar-refractivity contribution in [2.24, 2.45) is 5.92 Å². The Labute approximate surface area is 158 Å². The minimum atomic E-state index is -0.341. The monoisotopic (exact) mass is 366 g/mol. The highest BCUT2D eigenvalue weighted by Crippen LogP contribution is 2.26. The van der Waals surface area contributed by atoms with E-state index < -0.39 is 0 Å². The van der Waals surface area contributed by atoms with Crippen molar-refractivity contribution in [3.8, 4) is 5.75 Å². The first-order chi connectivity index (χ1) is 12.8. The van der Waals surface area contributed by atoms with Gasteiger partial charge in [-0.3, -0.25) is 19.3 Å². The highest BCUT2D eigenvalue weighted by molar-refractivity contribution is 6.21. The number of carbonyl (C=O) groups is 3. The number of benzene rings is 2. The van der Waals surface area contributed by atoms with Crippen LogP contribution in [-0.4, -0.2) is 35.8 Å². The Morgan fingerprint density at radius 1 is 1.04 bits per heavy atom. The summed E-state index contributed by atoms with van der Waals surface area (Å²) in [5, 5.41) is 2.70. The quantitative estimate of drug-likeness (QED) is 0.796. The third-order valence-corrected chi connectivity index (χ3v) is 4.19. The number of fused-ring (bicyclic) bond motifs is 1. The van der Waals surface area contributed by atoms with Crippen LogP contribution in [0.1, 0.15) is 40.1 Å². The number of anilines is 1. The highest BCUT2D eigenvalue weighted by Gasteiger charge is 2.35. The molecule has 1 aliphatic rings. The van der Waals surface area contributed by atoms with Crippen molar-refractivity contribution < 1.29 is 19.1 Å². The third kappa shape index (κ3) is 4.16. The minimum absolute atomic E-state index is 0.146. The Hall–Kier alpha value is -3.15. The lowest BCUT2D eigenvalue weighted by molar-refractivity contribution is -0.118. The molecular weight excluding hydrogens is 344 g/mol. The van der Waals surface area contributed by atoms with E-state index in [1.165, 1.54) is 4.90 Å². The molecule has 140 valence electrons. The van der Waals surface area contributed by atoms with Crippen LogP contribution >= 0.6 is 0 Å². The van der Waals surface area contributed by atoms with Crippen molar-refractivity contribution >= 4 is 23.4 Å². The van der Waals surface area contributed by atoms with Crippen molar-refractivity contribution in [1.29, 1.82) is 0 Å². The number of carbonyl (C=O) groups excluding carboxylic acids is 3. The van der Waals surface area contributed by atoms with Crippen LogP contribution in [0.15, 0.2) is 42.5 Å². The first kappa shape index (κ1) is 18.6. The van der Waals surface area contributed by atoms with Crippen LogP contribution in [0.3, 0.4) is 0 Å². The first-order valence-corrected chi connectivity index (χ1v) is 8.84. The van der Waals surface area contributed by atoms with Crippen molar-refractivity contribution in [2.75, 3.05) is 18.5 Å². The van der Waals surface area contributed by atoms with E-state index in [9.17, 15) is 14.4 Å². The smallest absolute Gasteiger partial charge is 0.262 e. The maximum atomic E-state index is 12.5. The van der Waals surface area contributed by atoms with Crippen molar-refractivity contribution in [1.82, 2.24) is 4.90 Å². The van der Waals surface area contributed by atoms with Crippen LogP contribution in [0, 0.1) is 12.8 Å². The summed E-state index contributed by atoms with van der Waals surface area (Å²) in [6, 6.07) is 12.1. The maximum Gasteiger partial charge on any atom is 0.262 e. The number of imide groups is 1. The largest absolute Gasteiger partial charge is 0.484 e. The fourth-order valence-corrected chi connectivity index (χ4v) is 2.88. The molecule has 0 bridgehead atoms. The molecule has 3 amide bonds. The van der Waals surface area contributed by atoms with Crippen molar-refractivity contribution in [3.05, 3.63) is 59.2 Å². The van der Waals surface area contributed by atoms with Crippen LogP contribution in [0.4, 0.5) is 5.69 Å². The predicted molar refractivity (Wildman–Crippen MR) is 102 cm³/mol. The molecule has 27 heavy (non-hydrogen) atoms. The molecule has 0 spiro atoms. The van der Waals surface area contributed by atoms with Gasteiger partial charge in [0, 0.05) is 12.2 Å². The number of hydrogen-bond acceptors (Lipinski definition) is 4. The average molecular weight is 366 g/mol. The molecule has 0 fully saturated rings. The number of hydrogen-bond donors (Lipinski definition) is 1. The second-order valence-corrected chi connectivity index (χ2v) is 7.03. The van der Waals surface area contributed by atoms with Gasteiger partial charge in [-0.25, -0.2) is 0 Å². The Kier molecular flexibility index (Phi) is 5.26. The average Bonchev–Trinajstić information content (AvgIpc) is 2.85. The number of aryl methyl sites for hydroxylation is 1. The Morgan fingerprint density at radius 3 is 2.37 bits per heavy atom. The normalized spacial score (nSPS) is 13.1. The summed E-state index contributed by atoms with van der Waals surface area (Å²) in [6.45, 7) is 6.09. The molecule has 0 aliphatic carbocycles. The SMILES string of the molecule is Cc1ccc(OCC(=O)Nc2ccc3c(c2)C(=O)N(CC(C)C)C3=O)cc1. The lowest BCUT2D eigenvalue weighted by Crippen LogP contribution is -2.33. The molecule has 1 heterocycles. The van der Waals surface area contributed by atoms with Gasteiger partial charge < -0.3 is 10.1 Å². The van der Waals surface area contributed by atoms with Gasteiger partial charge in [0.25, 0.3) is 17.7 Å².